The SMILES string of the molecule is C=CCn1c(CNC(=O)c2ccc(Cl)cc2Cl)nnc1SCC(=O)Nc1c(C)cc(Br)cc1C. The first-order chi connectivity index (χ1) is 16.2. The van der Waals surface area contributed by atoms with Crippen molar-refractivity contribution in [2.24, 2.45) is 0 Å². The van der Waals surface area contributed by atoms with Crippen LogP contribution in [0.1, 0.15) is 27.3 Å². The summed E-state index contributed by atoms with van der Waals surface area (Å²) in [5.41, 5.74) is 3.05. The van der Waals surface area contributed by atoms with E-state index in [2.05, 4.69) is 43.3 Å². The Hall–Kier alpha value is -2.33. The van der Waals surface area contributed by atoms with Crippen LogP contribution in [0.2, 0.25) is 10.0 Å². The van der Waals surface area contributed by atoms with E-state index in [1.807, 2.05) is 26.0 Å². The molecule has 0 unspecified atom stereocenters. The number of anilines is 1. The summed E-state index contributed by atoms with van der Waals surface area (Å²) in [6, 6.07) is 8.57. The number of amides is 2. The average Bonchev–Trinajstić information content (AvgIpc) is 3.15. The number of hydrogen-bond acceptors (Lipinski definition) is 5. The zero-order chi connectivity index (χ0) is 24.8. The van der Waals surface area contributed by atoms with E-state index in [4.69, 9.17) is 23.2 Å². The monoisotopic (exact) mass is 581 g/mol. The van der Waals surface area contributed by atoms with Crippen LogP contribution in [0.25, 0.3) is 0 Å². The third-order valence-electron chi connectivity index (χ3n) is 4.78. The maximum absolute atomic E-state index is 12.6. The van der Waals surface area contributed by atoms with Gasteiger partial charge in [-0.25, -0.2) is 0 Å². The first kappa shape index (κ1) is 26.3. The number of benzene rings is 2. The lowest BCUT2D eigenvalue weighted by Crippen LogP contribution is -2.25. The van der Waals surface area contributed by atoms with Crippen LogP contribution in [0.5, 0.6) is 0 Å². The number of nitrogens with one attached hydrogen (secondary N) is 2. The minimum absolute atomic E-state index is 0.128. The Bertz CT molecular complexity index is 1230. The van der Waals surface area contributed by atoms with Gasteiger partial charge < -0.3 is 15.2 Å². The van der Waals surface area contributed by atoms with Gasteiger partial charge in [0.1, 0.15) is 0 Å². The molecule has 0 aliphatic carbocycles. The van der Waals surface area contributed by atoms with Crippen LogP contribution < -0.4 is 10.6 Å². The zero-order valence-electron chi connectivity index (χ0n) is 18.5. The summed E-state index contributed by atoms with van der Waals surface area (Å²) in [5, 5.41) is 15.4. The number of hydrogen-bond donors (Lipinski definition) is 2. The Morgan fingerprint density at radius 1 is 1.18 bits per heavy atom. The second-order valence-electron chi connectivity index (χ2n) is 7.36. The molecule has 34 heavy (non-hydrogen) atoms. The summed E-state index contributed by atoms with van der Waals surface area (Å²) in [5.74, 6) is 0.167. The van der Waals surface area contributed by atoms with Crippen molar-refractivity contribution >= 4 is 68.4 Å². The molecule has 0 atom stereocenters. The van der Waals surface area contributed by atoms with Crippen LogP contribution in [0.4, 0.5) is 5.69 Å². The van der Waals surface area contributed by atoms with Gasteiger partial charge in [-0.05, 0) is 55.3 Å². The molecule has 3 rings (SSSR count). The molecule has 7 nitrogen and oxygen atoms in total. The molecule has 1 heterocycles. The molecular formula is C23H22BrCl2N5O2S. The largest absolute Gasteiger partial charge is 0.345 e. The third-order valence-corrected chi connectivity index (χ3v) is 6.75. The molecule has 11 heteroatoms. The fourth-order valence-electron chi connectivity index (χ4n) is 3.21. The van der Waals surface area contributed by atoms with Crippen LogP contribution in [-0.4, -0.2) is 32.3 Å². The topological polar surface area (TPSA) is 88.9 Å². The zero-order valence-corrected chi connectivity index (χ0v) is 22.4. The highest BCUT2D eigenvalue weighted by atomic mass is 79.9. The first-order valence-corrected chi connectivity index (χ1v) is 12.7. The van der Waals surface area contributed by atoms with Crippen LogP contribution in [0.15, 0.2) is 52.6 Å². The lowest BCUT2D eigenvalue weighted by atomic mass is 10.1. The van der Waals surface area contributed by atoms with Gasteiger partial charge in [0.15, 0.2) is 11.0 Å². The number of carbonyl (C=O) groups is 2. The highest BCUT2D eigenvalue weighted by Gasteiger charge is 2.17. The van der Waals surface area contributed by atoms with Gasteiger partial charge in [-0.15, -0.1) is 16.8 Å². The summed E-state index contributed by atoms with van der Waals surface area (Å²) in [4.78, 5) is 25.1. The number of carbonyl (C=O) groups excluding carboxylic acids is 2. The average molecular weight is 583 g/mol. The Kier molecular flexibility index (Phi) is 9.18. The van der Waals surface area contributed by atoms with E-state index in [0.29, 0.717) is 28.1 Å². The van der Waals surface area contributed by atoms with E-state index in [-0.39, 0.29) is 29.1 Å². The van der Waals surface area contributed by atoms with Crippen molar-refractivity contribution in [3.63, 3.8) is 0 Å². The van der Waals surface area contributed by atoms with Crippen molar-refractivity contribution in [1.29, 1.82) is 0 Å². The van der Waals surface area contributed by atoms with Crippen LogP contribution >= 0.6 is 50.9 Å². The highest BCUT2D eigenvalue weighted by Crippen LogP contribution is 2.26. The van der Waals surface area contributed by atoms with Crippen molar-refractivity contribution in [3.05, 3.63) is 80.0 Å². The lowest BCUT2D eigenvalue weighted by Gasteiger charge is -2.12. The molecule has 2 aromatic carbocycles. The molecule has 0 saturated heterocycles. The van der Waals surface area contributed by atoms with Gasteiger partial charge in [0, 0.05) is 21.7 Å². The van der Waals surface area contributed by atoms with Crippen molar-refractivity contribution < 1.29 is 9.59 Å². The number of aryl methyl sites for hydroxylation is 2. The summed E-state index contributed by atoms with van der Waals surface area (Å²) in [6.45, 7) is 8.21. The predicted octanol–water partition coefficient (Wildman–Crippen LogP) is 5.81. The van der Waals surface area contributed by atoms with Crippen molar-refractivity contribution in [3.8, 4) is 0 Å². The van der Waals surface area contributed by atoms with E-state index >= 15 is 0 Å². The highest BCUT2D eigenvalue weighted by molar-refractivity contribution is 9.10. The minimum Gasteiger partial charge on any atom is -0.345 e. The predicted molar refractivity (Wildman–Crippen MR) is 141 cm³/mol. The summed E-state index contributed by atoms with van der Waals surface area (Å²) < 4.78 is 2.76. The van der Waals surface area contributed by atoms with Crippen molar-refractivity contribution in [2.75, 3.05) is 11.1 Å². The maximum atomic E-state index is 12.6. The van der Waals surface area contributed by atoms with Crippen LogP contribution in [0.3, 0.4) is 0 Å². The molecule has 178 valence electrons. The fraction of sp³-hybridized carbons (Fsp3) is 0.217. The van der Waals surface area contributed by atoms with E-state index in [1.54, 1.807) is 22.8 Å². The molecular weight excluding hydrogens is 561 g/mol. The van der Waals surface area contributed by atoms with Gasteiger partial charge in [0.05, 0.1) is 22.9 Å². The van der Waals surface area contributed by atoms with Gasteiger partial charge in [-0.1, -0.05) is 57.0 Å². The summed E-state index contributed by atoms with van der Waals surface area (Å²) in [6.07, 6.45) is 1.70. The van der Waals surface area contributed by atoms with Crippen molar-refractivity contribution in [2.45, 2.75) is 32.1 Å². The molecule has 0 spiro atoms. The molecule has 0 aliphatic heterocycles. The Morgan fingerprint density at radius 2 is 1.88 bits per heavy atom. The second-order valence-corrected chi connectivity index (χ2v) is 10.1. The number of allylic oxidation sites excluding steroid dienone is 1. The van der Waals surface area contributed by atoms with Gasteiger partial charge in [-0.2, -0.15) is 0 Å². The number of nitrogens with zero attached hydrogens (tertiary/aromatic N) is 3. The number of aromatic nitrogens is 3. The number of halogens is 3. The van der Waals surface area contributed by atoms with Gasteiger partial charge in [0.25, 0.3) is 5.91 Å². The normalized spacial score (nSPS) is 10.7. The molecule has 2 amide bonds. The summed E-state index contributed by atoms with van der Waals surface area (Å²) >= 11 is 16.7. The van der Waals surface area contributed by atoms with E-state index in [1.165, 1.54) is 17.8 Å². The standard InChI is InChI=1S/C23H22BrCl2N5O2S/c1-4-7-31-19(11-27-22(33)17-6-5-16(25)10-18(17)26)29-30-23(31)34-12-20(32)28-21-13(2)8-15(24)9-14(21)3/h4-6,8-10H,1,7,11-12H2,2-3H3,(H,27,33)(H,28,32). The maximum Gasteiger partial charge on any atom is 0.253 e. The Morgan fingerprint density at radius 3 is 2.53 bits per heavy atom. The van der Waals surface area contributed by atoms with E-state index in [0.717, 1.165) is 21.3 Å². The van der Waals surface area contributed by atoms with E-state index < -0.39 is 0 Å². The quantitative estimate of drug-likeness (QED) is 0.245. The Labute approximate surface area is 220 Å². The molecule has 0 saturated carbocycles. The molecule has 0 aliphatic rings. The van der Waals surface area contributed by atoms with Crippen LogP contribution in [-0.2, 0) is 17.9 Å². The number of thioether (sulfide) groups is 1. The molecule has 3 aromatic rings. The van der Waals surface area contributed by atoms with Crippen molar-refractivity contribution in [1.82, 2.24) is 20.1 Å². The van der Waals surface area contributed by atoms with Gasteiger partial charge in [0.2, 0.25) is 5.91 Å². The second kappa shape index (κ2) is 11.9. The van der Waals surface area contributed by atoms with Gasteiger partial charge in [-0.3, -0.25) is 9.59 Å². The third kappa shape index (κ3) is 6.63. The molecule has 0 bridgehead atoms. The molecule has 2 N–H and O–H groups in total. The fourth-order valence-corrected chi connectivity index (χ4v) is 5.16. The molecule has 0 fully saturated rings. The summed E-state index contributed by atoms with van der Waals surface area (Å²) in [7, 11) is 0. The lowest BCUT2D eigenvalue weighted by molar-refractivity contribution is -0.113. The van der Waals surface area contributed by atoms with E-state index in [9.17, 15) is 9.59 Å². The van der Waals surface area contributed by atoms with Gasteiger partial charge >= 0.3 is 0 Å². The molecule has 0 radical (unpaired) electrons. The van der Waals surface area contributed by atoms with Crippen LogP contribution in [0, 0.1) is 13.8 Å². The minimum atomic E-state index is -0.358. The Balaban J connectivity index is 1.65. The first-order valence-electron chi connectivity index (χ1n) is 10.1. The number of rotatable bonds is 9. The smallest absolute Gasteiger partial charge is 0.253 e. The molecule has 1 aromatic heterocycles.